The predicted molar refractivity (Wildman–Crippen MR) is 78.6 cm³/mol. The molecule has 2 rings (SSSR count). The molecule has 0 saturated carbocycles. The Balaban J connectivity index is 2.54. The molecule has 0 unspecified atom stereocenters. The molecule has 0 bridgehead atoms. The third kappa shape index (κ3) is 2.49. The Bertz CT molecular complexity index is 631. The second-order valence-corrected chi connectivity index (χ2v) is 5.41. The summed E-state index contributed by atoms with van der Waals surface area (Å²) in [5.41, 5.74) is 0.465. The van der Waals surface area contributed by atoms with Crippen molar-refractivity contribution in [2.45, 2.75) is 6.92 Å². The van der Waals surface area contributed by atoms with Crippen LogP contribution in [0.15, 0.2) is 24.3 Å². The molecule has 0 amide bonds. The molecule has 0 spiro atoms. The average Bonchev–Trinajstić information content (AvgIpc) is 2.91. The number of ketones is 1. The number of carbonyl (C=O) groups excluding carboxylic acids is 1. The van der Waals surface area contributed by atoms with E-state index >= 15 is 0 Å². The molecule has 0 aliphatic heterocycles. The molecule has 4 nitrogen and oxygen atoms in total. The van der Waals surface area contributed by atoms with Crippen molar-refractivity contribution in [2.24, 2.45) is 0 Å². The summed E-state index contributed by atoms with van der Waals surface area (Å²) in [6.07, 6.45) is 0. The maximum absolute atomic E-state index is 12.5. The smallest absolute Gasteiger partial charge is 0.206 e. The van der Waals surface area contributed by atoms with Gasteiger partial charge in [0.05, 0.1) is 31.8 Å². The number of methoxy groups -OCH3 is 3. The summed E-state index contributed by atoms with van der Waals surface area (Å²) >= 11 is 1.46. The van der Waals surface area contributed by atoms with Gasteiger partial charge in [0.15, 0.2) is 11.5 Å². The van der Waals surface area contributed by atoms with Crippen LogP contribution in [0.2, 0.25) is 0 Å². The number of aryl methyl sites for hydroxylation is 1. The first-order valence-corrected chi connectivity index (χ1v) is 6.84. The van der Waals surface area contributed by atoms with E-state index in [0.29, 0.717) is 27.7 Å². The Hall–Kier alpha value is -2.01. The molecule has 0 atom stereocenters. The fraction of sp³-hybridized carbons (Fsp3) is 0.267. The summed E-state index contributed by atoms with van der Waals surface area (Å²) in [6.45, 7) is 1.97. The molecule has 106 valence electrons. The van der Waals surface area contributed by atoms with Gasteiger partial charge in [-0.15, -0.1) is 11.3 Å². The molecular weight excluding hydrogens is 276 g/mol. The average molecular weight is 292 g/mol. The minimum absolute atomic E-state index is 0.0825. The molecule has 0 N–H and O–H groups in total. The van der Waals surface area contributed by atoms with Crippen molar-refractivity contribution in [1.82, 2.24) is 0 Å². The Kier molecular flexibility index (Phi) is 4.29. The third-order valence-electron chi connectivity index (χ3n) is 2.91. The number of rotatable bonds is 5. The number of ether oxygens (including phenoxy) is 3. The molecule has 0 fully saturated rings. The van der Waals surface area contributed by atoms with Gasteiger partial charge in [-0.1, -0.05) is 0 Å². The summed E-state index contributed by atoms with van der Waals surface area (Å²) in [6, 6.07) is 7.14. The van der Waals surface area contributed by atoms with Crippen LogP contribution in [-0.4, -0.2) is 27.1 Å². The standard InChI is InChI=1S/C15H16O4S/c1-9-5-8-12(20-9)13(16)10-6-7-11(17-2)15(19-4)14(10)18-3/h5-8H,1-4H3. The molecule has 1 heterocycles. The van der Waals surface area contributed by atoms with E-state index in [1.807, 2.05) is 19.1 Å². The van der Waals surface area contributed by atoms with Crippen molar-refractivity contribution >= 4 is 17.1 Å². The number of thiophene rings is 1. The molecule has 0 aliphatic carbocycles. The highest BCUT2D eigenvalue weighted by molar-refractivity contribution is 7.14. The Morgan fingerprint density at radius 1 is 0.950 bits per heavy atom. The molecule has 5 heteroatoms. The lowest BCUT2D eigenvalue weighted by atomic mass is 10.1. The quantitative estimate of drug-likeness (QED) is 0.793. The zero-order valence-electron chi connectivity index (χ0n) is 11.9. The molecule has 2 aromatic rings. The highest BCUT2D eigenvalue weighted by Crippen LogP contribution is 2.40. The molecular formula is C15H16O4S. The van der Waals surface area contributed by atoms with Crippen LogP contribution in [0.5, 0.6) is 17.2 Å². The largest absolute Gasteiger partial charge is 0.493 e. The highest BCUT2D eigenvalue weighted by Gasteiger charge is 2.22. The summed E-state index contributed by atoms with van der Waals surface area (Å²) in [7, 11) is 4.57. The van der Waals surface area contributed by atoms with Crippen LogP contribution in [0.4, 0.5) is 0 Å². The summed E-state index contributed by atoms with van der Waals surface area (Å²) < 4.78 is 15.8. The first-order chi connectivity index (χ1) is 9.62. The van der Waals surface area contributed by atoms with Gasteiger partial charge in [-0.05, 0) is 31.2 Å². The maximum Gasteiger partial charge on any atom is 0.206 e. The topological polar surface area (TPSA) is 44.8 Å². The van der Waals surface area contributed by atoms with Gasteiger partial charge in [0.1, 0.15) is 0 Å². The minimum atomic E-state index is -0.0825. The van der Waals surface area contributed by atoms with E-state index in [0.717, 1.165) is 4.88 Å². The second kappa shape index (κ2) is 5.96. The fourth-order valence-electron chi connectivity index (χ4n) is 1.97. The van der Waals surface area contributed by atoms with Crippen molar-refractivity contribution in [3.8, 4) is 17.2 Å². The maximum atomic E-state index is 12.5. The van der Waals surface area contributed by atoms with Gasteiger partial charge >= 0.3 is 0 Å². The van der Waals surface area contributed by atoms with E-state index in [2.05, 4.69) is 0 Å². The van der Waals surface area contributed by atoms with Gasteiger partial charge in [0.25, 0.3) is 0 Å². The summed E-state index contributed by atoms with van der Waals surface area (Å²) in [4.78, 5) is 14.3. The van der Waals surface area contributed by atoms with E-state index in [9.17, 15) is 4.79 Å². The molecule has 1 aromatic heterocycles. The summed E-state index contributed by atoms with van der Waals surface area (Å²) in [5, 5.41) is 0. The van der Waals surface area contributed by atoms with Crippen LogP contribution in [0.3, 0.4) is 0 Å². The molecule has 0 aliphatic rings. The Morgan fingerprint density at radius 3 is 2.15 bits per heavy atom. The lowest BCUT2D eigenvalue weighted by Gasteiger charge is -2.14. The number of hydrogen-bond acceptors (Lipinski definition) is 5. The van der Waals surface area contributed by atoms with Gasteiger partial charge in [-0.2, -0.15) is 0 Å². The predicted octanol–water partition coefficient (Wildman–Crippen LogP) is 3.31. The van der Waals surface area contributed by atoms with E-state index in [1.54, 1.807) is 19.2 Å². The van der Waals surface area contributed by atoms with Gasteiger partial charge in [-0.3, -0.25) is 4.79 Å². The molecule has 0 saturated heterocycles. The Morgan fingerprint density at radius 2 is 1.65 bits per heavy atom. The Labute approximate surface area is 121 Å². The van der Waals surface area contributed by atoms with E-state index in [-0.39, 0.29) is 5.78 Å². The van der Waals surface area contributed by atoms with Gasteiger partial charge in [0.2, 0.25) is 11.5 Å². The zero-order chi connectivity index (χ0) is 14.7. The molecule has 20 heavy (non-hydrogen) atoms. The van der Waals surface area contributed by atoms with Gasteiger partial charge in [-0.25, -0.2) is 0 Å². The first-order valence-electron chi connectivity index (χ1n) is 6.02. The van der Waals surface area contributed by atoms with Crippen LogP contribution < -0.4 is 14.2 Å². The van der Waals surface area contributed by atoms with E-state index < -0.39 is 0 Å². The second-order valence-electron chi connectivity index (χ2n) is 4.12. The lowest BCUT2D eigenvalue weighted by Crippen LogP contribution is -2.04. The van der Waals surface area contributed by atoms with Crippen LogP contribution in [-0.2, 0) is 0 Å². The van der Waals surface area contributed by atoms with E-state index in [1.165, 1.54) is 25.6 Å². The molecule has 0 radical (unpaired) electrons. The zero-order valence-corrected chi connectivity index (χ0v) is 12.7. The van der Waals surface area contributed by atoms with Crippen molar-refractivity contribution in [3.05, 3.63) is 39.6 Å². The van der Waals surface area contributed by atoms with Crippen molar-refractivity contribution in [2.75, 3.05) is 21.3 Å². The highest BCUT2D eigenvalue weighted by atomic mass is 32.1. The minimum Gasteiger partial charge on any atom is -0.493 e. The normalized spacial score (nSPS) is 10.2. The van der Waals surface area contributed by atoms with E-state index in [4.69, 9.17) is 14.2 Å². The fourth-order valence-corrected chi connectivity index (χ4v) is 2.79. The monoisotopic (exact) mass is 292 g/mol. The molecule has 1 aromatic carbocycles. The van der Waals surface area contributed by atoms with Gasteiger partial charge < -0.3 is 14.2 Å². The SMILES string of the molecule is COc1ccc(C(=O)c2ccc(C)s2)c(OC)c1OC. The number of benzene rings is 1. The van der Waals surface area contributed by atoms with Crippen LogP contribution in [0.25, 0.3) is 0 Å². The van der Waals surface area contributed by atoms with Crippen LogP contribution in [0.1, 0.15) is 20.1 Å². The van der Waals surface area contributed by atoms with Crippen molar-refractivity contribution in [3.63, 3.8) is 0 Å². The van der Waals surface area contributed by atoms with Crippen LogP contribution >= 0.6 is 11.3 Å². The lowest BCUT2D eigenvalue weighted by molar-refractivity contribution is 0.103. The third-order valence-corrected chi connectivity index (χ3v) is 3.91. The number of carbonyl (C=O) groups is 1. The summed E-state index contributed by atoms with van der Waals surface area (Å²) in [5.74, 6) is 1.26. The number of hydrogen-bond donors (Lipinski definition) is 0. The van der Waals surface area contributed by atoms with Crippen molar-refractivity contribution < 1.29 is 19.0 Å². The van der Waals surface area contributed by atoms with Gasteiger partial charge in [0, 0.05) is 4.88 Å². The van der Waals surface area contributed by atoms with Crippen LogP contribution in [0, 0.1) is 6.92 Å². The van der Waals surface area contributed by atoms with Crippen molar-refractivity contribution in [1.29, 1.82) is 0 Å². The first kappa shape index (κ1) is 14.4.